The highest BCUT2D eigenvalue weighted by Crippen LogP contribution is 2.16. The van der Waals surface area contributed by atoms with Crippen molar-refractivity contribution in [2.75, 3.05) is 0 Å². The lowest BCUT2D eigenvalue weighted by molar-refractivity contribution is 0.103. The predicted octanol–water partition coefficient (Wildman–Crippen LogP) is 2.67. The van der Waals surface area contributed by atoms with Crippen molar-refractivity contribution in [2.45, 2.75) is 13.3 Å². The molecule has 3 heteroatoms. The van der Waals surface area contributed by atoms with Crippen LogP contribution in [-0.2, 0) is 6.42 Å². The van der Waals surface area contributed by atoms with E-state index in [9.17, 15) is 4.79 Å². The Morgan fingerprint density at radius 1 is 1.36 bits per heavy atom. The summed E-state index contributed by atoms with van der Waals surface area (Å²) in [5, 5.41) is 0. The molecule has 2 aromatic rings. The van der Waals surface area contributed by atoms with E-state index in [1.54, 1.807) is 12.1 Å². The van der Waals surface area contributed by atoms with Gasteiger partial charge in [-0.3, -0.25) is 4.79 Å². The van der Waals surface area contributed by atoms with Gasteiger partial charge in [0.15, 0.2) is 5.78 Å². The van der Waals surface area contributed by atoms with Crippen molar-refractivity contribution in [1.82, 2.24) is 0 Å². The zero-order valence-corrected chi connectivity index (χ0v) is 7.82. The van der Waals surface area contributed by atoms with Crippen molar-refractivity contribution < 1.29 is 13.6 Å². The molecule has 0 fully saturated rings. The minimum absolute atomic E-state index is 0.0515. The van der Waals surface area contributed by atoms with E-state index in [0.717, 1.165) is 5.76 Å². The van der Waals surface area contributed by atoms with Crippen LogP contribution in [0.1, 0.15) is 28.6 Å². The van der Waals surface area contributed by atoms with Crippen molar-refractivity contribution in [3.05, 3.63) is 47.8 Å². The van der Waals surface area contributed by atoms with Crippen LogP contribution < -0.4 is 0 Å². The number of aryl methyl sites for hydroxylation is 1. The van der Waals surface area contributed by atoms with Gasteiger partial charge in [0.1, 0.15) is 12.0 Å². The van der Waals surface area contributed by atoms with E-state index >= 15 is 0 Å². The molecular weight excluding hydrogens is 180 g/mol. The highest BCUT2D eigenvalue weighted by atomic mass is 16.3. The monoisotopic (exact) mass is 190 g/mol. The Kier molecular flexibility index (Phi) is 2.23. The van der Waals surface area contributed by atoms with Crippen molar-refractivity contribution in [3.63, 3.8) is 0 Å². The minimum atomic E-state index is -0.0515. The number of hydrogen-bond donors (Lipinski definition) is 0. The molecule has 0 N–H and O–H groups in total. The van der Waals surface area contributed by atoms with E-state index in [0.29, 0.717) is 17.5 Å². The second-order valence-corrected chi connectivity index (χ2v) is 2.95. The Balaban J connectivity index is 2.36. The fourth-order valence-electron chi connectivity index (χ4n) is 1.37. The quantitative estimate of drug-likeness (QED) is 0.699. The normalized spacial score (nSPS) is 10.4. The second kappa shape index (κ2) is 3.54. The molecule has 2 aromatic heterocycles. The van der Waals surface area contributed by atoms with E-state index in [4.69, 9.17) is 8.83 Å². The average Bonchev–Trinajstić information content (AvgIpc) is 2.87. The van der Waals surface area contributed by atoms with Crippen molar-refractivity contribution in [3.8, 4) is 0 Å². The fourth-order valence-corrected chi connectivity index (χ4v) is 1.37. The molecule has 0 bridgehead atoms. The maximum atomic E-state index is 11.8. The summed E-state index contributed by atoms with van der Waals surface area (Å²) < 4.78 is 10.0. The summed E-state index contributed by atoms with van der Waals surface area (Å²) in [4.78, 5) is 11.8. The third-order valence-corrected chi connectivity index (χ3v) is 2.09. The SMILES string of the molecule is CCc1occc1C(=O)c1ccoc1. The Morgan fingerprint density at radius 3 is 2.86 bits per heavy atom. The molecule has 0 aliphatic heterocycles. The average molecular weight is 190 g/mol. The van der Waals surface area contributed by atoms with Crippen LogP contribution in [0.15, 0.2) is 39.8 Å². The van der Waals surface area contributed by atoms with Gasteiger partial charge in [-0.15, -0.1) is 0 Å². The van der Waals surface area contributed by atoms with Gasteiger partial charge in [0.05, 0.1) is 23.7 Å². The third kappa shape index (κ3) is 1.37. The molecule has 0 aliphatic carbocycles. The molecular formula is C11H10O3. The van der Waals surface area contributed by atoms with E-state index in [2.05, 4.69) is 0 Å². The van der Waals surface area contributed by atoms with Crippen LogP contribution in [0.2, 0.25) is 0 Å². The molecule has 0 aliphatic rings. The van der Waals surface area contributed by atoms with Gasteiger partial charge in [-0.05, 0) is 12.1 Å². The van der Waals surface area contributed by atoms with Gasteiger partial charge in [-0.2, -0.15) is 0 Å². The lowest BCUT2D eigenvalue weighted by Gasteiger charge is -1.95. The van der Waals surface area contributed by atoms with Crippen LogP contribution in [0.25, 0.3) is 0 Å². The molecule has 14 heavy (non-hydrogen) atoms. The summed E-state index contributed by atoms with van der Waals surface area (Å²) >= 11 is 0. The van der Waals surface area contributed by atoms with E-state index in [1.165, 1.54) is 18.8 Å². The molecule has 0 radical (unpaired) electrons. The number of furan rings is 2. The van der Waals surface area contributed by atoms with E-state index in [-0.39, 0.29) is 5.78 Å². The lowest BCUT2D eigenvalue weighted by Crippen LogP contribution is -2.00. The summed E-state index contributed by atoms with van der Waals surface area (Å²) in [6, 6.07) is 3.34. The molecule has 2 rings (SSSR count). The maximum Gasteiger partial charge on any atom is 0.199 e. The van der Waals surface area contributed by atoms with Crippen molar-refractivity contribution in [1.29, 1.82) is 0 Å². The van der Waals surface area contributed by atoms with Crippen LogP contribution in [0, 0.1) is 0 Å². The first-order valence-corrected chi connectivity index (χ1v) is 4.46. The fraction of sp³-hybridized carbons (Fsp3) is 0.182. The van der Waals surface area contributed by atoms with Gasteiger partial charge in [-0.1, -0.05) is 6.92 Å². The highest BCUT2D eigenvalue weighted by Gasteiger charge is 2.15. The summed E-state index contributed by atoms with van der Waals surface area (Å²) in [5.41, 5.74) is 1.18. The smallest absolute Gasteiger partial charge is 0.199 e. The zero-order chi connectivity index (χ0) is 9.97. The Hall–Kier alpha value is -1.77. The van der Waals surface area contributed by atoms with Gasteiger partial charge < -0.3 is 8.83 Å². The summed E-state index contributed by atoms with van der Waals surface area (Å²) in [6.07, 6.45) is 5.17. The number of ketones is 1. The lowest BCUT2D eigenvalue weighted by atomic mass is 10.1. The number of carbonyl (C=O) groups excluding carboxylic acids is 1. The standard InChI is InChI=1S/C11H10O3/c1-2-10-9(4-6-14-10)11(12)8-3-5-13-7-8/h3-7H,2H2,1H3. The van der Waals surface area contributed by atoms with Gasteiger partial charge >= 0.3 is 0 Å². The second-order valence-electron chi connectivity index (χ2n) is 2.95. The van der Waals surface area contributed by atoms with Crippen LogP contribution in [0.5, 0.6) is 0 Å². The predicted molar refractivity (Wildman–Crippen MR) is 50.2 cm³/mol. The Morgan fingerprint density at radius 2 is 2.21 bits per heavy atom. The molecule has 72 valence electrons. The Labute approximate surface area is 81.3 Å². The van der Waals surface area contributed by atoms with Gasteiger partial charge in [0.2, 0.25) is 0 Å². The number of rotatable bonds is 3. The van der Waals surface area contributed by atoms with E-state index in [1.807, 2.05) is 6.92 Å². The van der Waals surface area contributed by atoms with Gasteiger partial charge in [0.25, 0.3) is 0 Å². The maximum absolute atomic E-state index is 11.8. The summed E-state index contributed by atoms with van der Waals surface area (Å²) in [6.45, 7) is 1.95. The molecule has 3 nitrogen and oxygen atoms in total. The minimum Gasteiger partial charge on any atom is -0.472 e. The first kappa shape index (κ1) is 8.81. The van der Waals surface area contributed by atoms with Crippen molar-refractivity contribution in [2.24, 2.45) is 0 Å². The summed E-state index contributed by atoms with van der Waals surface area (Å²) in [5.74, 6) is 0.667. The van der Waals surface area contributed by atoms with Crippen molar-refractivity contribution >= 4 is 5.78 Å². The van der Waals surface area contributed by atoms with Crippen LogP contribution in [0.3, 0.4) is 0 Å². The third-order valence-electron chi connectivity index (χ3n) is 2.09. The molecule has 0 unspecified atom stereocenters. The molecule has 2 heterocycles. The molecule has 0 amide bonds. The van der Waals surface area contributed by atoms with E-state index < -0.39 is 0 Å². The Bertz CT molecular complexity index is 423. The first-order chi connectivity index (χ1) is 6.83. The topological polar surface area (TPSA) is 43.4 Å². The molecule has 0 spiro atoms. The highest BCUT2D eigenvalue weighted by molar-refractivity contribution is 6.09. The number of hydrogen-bond acceptors (Lipinski definition) is 3. The van der Waals surface area contributed by atoms with Crippen LogP contribution in [0.4, 0.5) is 0 Å². The van der Waals surface area contributed by atoms with Crippen LogP contribution >= 0.6 is 0 Å². The van der Waals surface area contributed by atoms with Gasteiger partial charge in [0, 0.05) is 6.42 Å². The largest absolute Gasteiger partial charge is 0.472 e. The van der Waals surface area contributed by atoms with Gasteiger partial charge in [-0.25, -0.2) is 0 Å². The molecule has 0 saturated heterocycles. The zero-order valence-electron chi connectivity index (χ0n) is 7.82. The first-order valence-electron chi connectivity index (χ1n) is 4.46. The summed E-state index contributed by atoms with van der Waals surface area (Å²) in [7, 11) is 0. The number of carbonyl (C=O) groups is 1. The molecule has 0 saturated carbocycles. The molecule has 0 aromatic carbocycles. The molecule has 0 atom stereocenters. The van der Waals surface area contributed by atoms with Crippen LogP contribution in [-0.4, -0.2) is 5.78 Å².